The second-order valence-corrected chi connectivity index (χ2v) is 4.85. The molecular weight excluding hydrogens is 290 g/mol. The van der Waals surface area contributed by atoms with Crippen molar-refractivity contribution in [1.29, 1.82) is 0 Å². The van der Waals surface area contributed by atoms with Gasteiger partial charge in [0.15, 0.2) is 0 Å². The summed E-state index contributed by atoms with van der Waals surface area (Å²) in [4.78, 5) is 33.8. The normalized spacial score (nSPS) is 11.5. The number of likely N-dealkylation sites (N-methyl/N-ethyl adjacent to an activating group) is 1. The number of carbonyl (C=O) groups is 2. The van der Waals surface area contributed by atoms with Gasteiger partial charge in [-0.05, 0) is 25.5 Å². The lowest BCUT2D eigenvalue weighted by Crippen LogP contribution is -2.40. The number of amides is 1. The summed E-state index contributed by atoms with van der Waals surface area (Å²) in [5.74, 6) is -1.28. The summed E-state index contributed by atoms with van der Waals surface area (Å²) in [5, 5.41) is 22.4. The molecule has 0 saturated heterocycles. The van der Waals surface area contributed by atoms with Crippen molar-refractivity contribution >= 4 is 23.3 Å². The average molecular weight is 309 g/mol. The van der Waals surface area contributed by atoms with Gasteiger partial charge in [0, 0.05) is 37.8 Å². The number of hydrogen-bond donors (Lipinski definition) is 2. The van der Waals surface area contributed by atoms with Crippen LogP contribution in [0, 0.1) is 10.1 Å². The highest BCUT2D eigenvalue weighted by Crippen LogP contribution is 2.15. The number of benzene rings is 1. The Kier molecular flexibility index (Phi) is 6.30. The molecule has 2 N–H and O–H groups in total. The van der Waals surface area contributed by atoms with Gasteiger partial charge in [-0.2, -0.15) is 0 Å². The molecule has 120 valence electrons. The number of nitrogens with one attached hydrogen (secondary N) is 1. The molecule has 22 heavy (non-hydrogen) atoms. The number of nitro groups is 1. The molecule has 0 aliphatic heterocycles. The number of non-ortho nitro benzene ring substituents is 1. The van der Waals surface area contributed by atoms with Gasteiger partial charge in [-0.15, -0.1) is 0 Å². The molecule has 1 aromatic rings. The highest BCUT2D eigenvalue weighted by Gasteiger charge is 2.20. The standard InChI is InChI=1S/C14H19N3O5/c1-10(14(19)20)16(2)13(18)4-3-9-15-11-5-7-12(8-6-11)17(21)22/h5-8,10,15H,3-4,9H2,1-2H3,(H,19,20). The topological polar surface area (TPSA) is 113 Å². The molecule has 0 aliphatic rings. The van der Waals surface area contributed by atoms with Crippen molar-refractivity contribution in [1.82, 2.24) is 4.90 Å². The van der Waals surface area contributed by atoms with Gasteiger partial charge in [0.1, 0.15) is 6.04 Å². The summed E-state index contributed by atoms with van der Waals surface area (Å²) in [5.41, 5.74) is 0.746. The molecule has 8 heteroatoms. The first-order chi connectivity index (χ1) is 10.3. The zero-order chi connectivity index (χ0) is 16.7. The Hall–Kier alpha value is -2.64. The zero-order valence-electron chi connectivity index (χ0n) is 12.5. The largest absolute Gasteiger partial charge is 0.480 e. The van der Waals surface area contributed by atoms with Gasteiger partial charge < -0.3 is 15.3 Å². The Bertz CT molecular complexity index is 544. The van der Waals surface area contributed by atoms with Crippen LogP contribution in [0.15, 0.2) is 24.3 Å². The van der Waals surface area contributed by atoms with Crippen molar-refractivity contribution in [2.75, 3.05) is 18.9 Å². The van der Waals surface area contributed by atoms with Gasteiger partial charge in [0.05, 0.1) is 4.92 Å². The van der Waals surface area contributed by atoms with Gasteiger partial charge >= 0.3 is 5.97 Å². The summed E-state index contributed by atoms with van der Waals surface area (Å²) >= 11 is 0. The van der Waals surface area contributed by atoms with E-state index in [1.54, 1.807) is 12.1 Å². The van der Waals surface area contributed by atoms with E-state index in [4.69, 9.17) is 5.11 Å². The molecule has 0 saturated carbocycles. The molecule has 8 nitrogen and oxygen atoms in total. The molecule has 0 fully saturated rings. The van der Waals surface area contributed by atoms with E-state index in [0.717, 1.165) is 5.69 Å². The number of anilines is 1. The van der Waals surface area contributed by atoms with Crippen molar-refractivity contribution in [2.24, 2.45) is 0 Å². The number of carboxylic acid groups (broad SMARTS) is 1. The molecule has 1 aromatic carbocycles. The summed E-state index contributed by atoms with van der Waals surface area (Å²) < 4.78 is 0. The van der Waals surface area contributed by atoms with E-state index in [1.165, 1.54) is 31.0 Å². The van der Waals surface area contributed by atoms with Crippen LogP contribution in [0.5, 0.6) is 0 Å². The summed E-state index contributed by atoms with van der Waals surface area (Å²) in [7, 11) is 1.46. The van der Waals surface area contributed by atoms with E-state index in [0.29, 0.717) is 13.0 Å². The van der Waals surface area contributed by atoms with Crippen LogP contribution >= 0.6 is 0 Å². The number of hydrogen-bond acceptors (Lipinski definition) is 5. The van der Waals surface area contributed by atoms with Crippen LogP contribution in [-0.2, 0) is 9.59 Å². The summed E-state index contributed by atoms with van der Waals surface area (Å²) in [6, 6.07) is 5.14. The average Bonchev–Trinajstić information content (AvgIpc) is 2.50. The molecule has 1 unspecified atom stereocenters. The number of nitrogens with zero attached hydrogens (tertiary/aromatic N) is 2. The van der Waals surface area contributed by atoms with E-state index >= 15 is 0 Å². The zero-order valence-corrected chi connectivity index (χ0v) is 12.5. The lowest BCUT2D eigenvalue weighted by molar-refractivity contribution is -0.384. The minimum atomic E-state index is -1.04. The summed E-state index contributed by atoms with van der Waals surface area (Å²) in [6.45, 7) is 1.97. The fourth-order valence-electron chi connectivity index (χ4n) is 1.73. The highest BCUT2D eigenvalue weighted by atomic mass is 16.6. The first kappa shape index (κ1) is 17.4. The second-order valence-electron chi connectivity index (χ2n) is 4.85. The van der Waals surface area contributed by atoms with Crippen LogP contribution in [0.25, 0.3) is 0 Å². The fourth-order valence-corrected chi connectivity index (χ4v) is 1.73. The van der Waals surface area contributed by atoms with Crippen LogP contribution < -0.4 is 5.32 Å². The number of carboxylic acids is 1. The molecule has 1 atom stereocenters. The SMILES string of the molecule is CC(C(=O)O)N(C)C(=O)CCCNc1ccc([N+](=O)[O-])cc1. The molecule has 0 aromatic heterocycles. The Balaban J connectivity index is 2.34. The van der Waals surface area contributed by atoms with E-state index in [-0.39, 0.29) is 18.0 Å². The molecule has 0 spiro atoms. The van der Waals surface area contributed by atoms with Crippen molar-refractivity contribution in [3.8, 4) is 0 Å². The highest BCUT2D eigenvalue weighted by molar-refractivity contribution is 5.83. The predicted molar refractivity (Wildman–Crippen MR) is 80.7 cm³/mol. The molecule has 1 rings (SSSR count). The predicted octanol–water partition coefficient (Wildman–Crippen LogP) is 1.72. The van der Waals surface area contributed by atoms with E-state index in [9.17, 15) is 19.7 Å². The van der Waals surface area contributed by atoms with Crippen LogP contribution in [0.4, 0.5) is 11.4 Å². The quantitative estimate of drug-likeness (QED) is 0.429. The molecule has 0 radical (unpaired) electrons. The maximum atomic E-state index is 11.8. The van der Waals surface area contributed by atoms with E-state index in [1.807, 2.05) is 0 Å². The van der Waals surface area contributed by atoms with Crippen LogP contribution in [0.1, 0.15) is 19.8 Å². The first-order valence-corrected chi connectivity index (χ1v) is 6.79. The maximum absolute atomic E-state index is 11.8. The number of carbonyl (C=O) groups excluding carboxylic acids is 1. The molecular formula is C14H19N3O5. The lowest BCUT2D eigenvalue weighted by atomic mass is 10.2. The minimum absolute atomic E-state index is 0.0185. The fraction of sp³-hybridized carbons (Fsp3) is 0.429. The molecule has 1 amide bonds. The van der Waals surface area contributed by atoms with Gasteiger partial charge in [0.25, 0.3) is 5.69 Å². The molecule has 0 aliphatic carbocycles. The third-order valence-corrected chi connectivity index (χ3v) is 3.31. The Morgan fingerprint density at radius 2 is 1.95 bits per heavy atom. The Morgan fingerprint density at radius 3 is 2.45 bits per heavy atom. The van der Waals surface area contributed by atoms with Crippen LogP contribution in [-0.4, -0.2) is 46.4 Å². The molecule has 0 bridgehead atoms. The maximum Gasteiger partial charge on any atom is 0.326 e. The van der Waals surface area contributed by atoms with E-state index in [2.05, 4.69) is 5.32 Å². The van der Waals surface area contributed by atoms with Crippen molar-refractivity contribution in [3.05, 3.63) is 34.4 Å². The number of aliphatic carboxylic acids is 1. The number of nitro benzene ring substituents is 1. The van der Waals surface area contributed by atoms with Gasteiger partial charge in [-0.3, -0.25) is 14.9 Å². The third kappa shape index (κ3) is 5.04. The molecule has 0 heterocycles. The van der Waals surface area contributed by atoms with E-state index < -0.39 is 16.9 Å². The van der Waals surface area contributed by atoms with Gasteiger partial charge in [0.2, 0.25) is 5.91 Å². The summed E-state index contributed by atoms with van der Waals surface area (Å²) in [6.07, 6.45) is 0.764. The monoisotopic (exact) mass is 309 g/mol. The number of rotatable bonds is 8. The van der Waals surface area contributed by atoms with Crippen LogP contribution in [0.2, 0.25) is 0 Å². The lowest BCUT2D eigenvalue weighted by Gasteiger charge is -2.21. The van der Waals surface area contributed by atoms with Crippen molar-refractivity contribution < 1.29 is 19.6 Å². The van der Waals surface area contributed by atoms with Crippen molar-refractivity contribution in [3.63, 3.8) is 0 Å². The van der Waals surface area contributed by atoms with Gasteiger partial charge in [-0.25, -0.2) is 4.79 Å². The van der Waals surface area contributed by atoms with Crippen molar-refractivity contribution in [2.45, 2.75) is 25.8 Å². The second kappa shape index (κ2) is 7.96. The Morgan fingerprint density at radius 1 is 1.36 bits per heavy atom. The van der Waals surface area contributed by atoms with Crippen LogP contribution in [0.3, 0.4) is 0 Å². The minimum Gasteiger partial charge on any atom is -0.480 e. The third-order valence-electron chi connectivity index (χ3n) is 3.31. The first-order valence-electron chi connectivity index (χ1n) is 6.79. The van der Waals surface area contributed by atoms with Gasteiger partial charge in [-0.1, -0.05) is 0 Å². The Labute approximate surface area is 127 Å². The smallest absolute Gasteiger partial charge is 0.326 e.